The van der Waals surface area contributed by atoms with Crippen LogP contribution in [-0.2, 0) is 14.3 Å². The molecule has 0 aromatic rings. The van der Waals surface area contributed by atoms with Gasteiger partial charge in [-0.3, -0.25) is 4.79 Å². The summed E-state index contributed by atoms with van der Waals surface area (Å²) < 4.78 is 5.11. The molecule has 0 saturated heterocycles. The van der Waals surface area contributed by atoms with Crippen molar-refractivity contribution in [1.29, 1.82) is 0 Å². The predicted molar refractivity (Wildman–Crippen MR) is 57.1 cm³/mol. The molecule has 0 heterocycles. The normalized spacial score (nSPS) is 25.6. The summed E-state index contributed by atoms with van der Waals surface area (Å²) in [6.07, 6.45) is 2.06. The first-order valence-electron chi connectivity index (χ1n) is 5.29. The van der Waals surface area contributed by atoms with E-state index >= 15 is 0 Å². The lowest BCUT2D eigenvalue weighted by Gasteiger charge is -2.35. The maximum atomic E-state index is 10.8. The van der Waals surface area contributed by atoms with Gasteiger partial charge < -0.3 is 20.5 Å². The summed E-state index contributed by atoms with van der Waals surface area (Å²) in [4.78, 5) is 21.6. The number of aliphatic carboxylic acids is 1. The lowest BCUT2D eigenvalue weighted by molar-refractivity contribution is -0.141. The second kappa shape index (κ2) is 5.81. The molecule has 0 aromatic heterocycles. The molecule has 92 valence electrons. The predicted octanol–water partition coefficient (Wildman–Crippen LogP) is -0.657. The van der Waals surface area contributed by atoms with E-state index in [0.717, 1.165) is 12.8 Å². The van der Waals surface area contributed by atoms with Crippen molar-refractivity contribution in [2.45, 2.75) is 38.0 Å². The van der Waals surface area contributed by atoms with Crippen LogP contribution >= 0.6 is 0 Å². The molecule has 6 heteroatoms. The van der Waals surface area contributed by atoms with Gasteiger partial charge in [-0.25, -0.2) is 4.79 Å². The molecule has 16 heavy (non-hydrogen) atoms. The molecule has 0 aliphatic heterocycles. The number of carboxylic acid groups (broad SMARTS) is 1. The highest BCUT2D eigenvalue weighted by Gasteiger charge is 2.30. The van der Waals surface area contributed by atoms with Crippen LogP contribution in [0.15, 0.2) is 0 Å². The van der Waals surface area contributed by atoms with E-state index in [1.807, 2.05) is 0 Å². The number of amides is 1. The number of hydrogen-bond acceptors (Lipinski definition) is 4. The van der Waals surface area contributed by atoms with Gasteiger partial charge >= 0.3 is 5.97 Å². The maximum absolute atomic E-state index is 10.8. The first-order valence-corrected chi connectivity index (χ1v) is 5.29. The highest BCUT2D eigenvalue weighted by Crippen LogP contribution is 2.22. The molecule has 1 atom stereocenters. The molecule has 3 N–H and O–H groups in total. The number of carboxylic acids is 1. The second-order valence-corrected chi connectivity index (χ2v) is 4.03. The summed E-state index contributed by atoms with van der Waals surface area (Å²) >= 11 is 0. The van der Waals surface area contributed by atoms with Crippen LogP contribution in [0.2, 0.25) is 0 Å². The number of ether oxygens (including phenoxy) is 1. The first kappa shape index (κ1) is 12.9. The van der Waals surface area contributed by atoms with Crippen molar-refractivity contribution in [3.05, 3.63) is 0 Å². The monoisotopic (exact) mass is 230 g/mol. The van der Waals surface area contributed by atoms with Gasteiger partial charge in [-0.2, -0.15) is 0 Å². The molecule has 1 aliphatic rings. The number of rotatable bonds is 6. The van der Waals surface area contributed by atoms with Gasteiger partial charge in [-0.05, 0) is 12.8 Å². The van der Waals surface area contributed by atoms with Crippen molar-refractivity contribution in [3.63, 3.8) is 0 Å². The van der Waals surface area contributed by atoms with E-state index in [1.165, 1.54) is 6.92 Å². The van der Waals surface area contributed by atoms with Crippen LogP contribution < -0.4 is 10.6 Å². The van der Waals surface area contributed by atoms with Gasteiger partial charge in [-0.1, -0.05) is 0 Å². The zero-order valence-electron chi connectivity index (χ0n) is 9.53. The van der Waals surface area contributed by atoms with E-state index in [9.17, 15) is 9.59 Å². The Morgan fingerprint density at radius 3 is 2.56 bits per heavy atom. The van der Waals surface area contributed by atoms with Crippen molar-refractivity contribution in [1.82, 2.24) is 10.6 Å². The lowest BCUT2D eigenvalue weighted by Crippen LogP contribution is -2.52. The Morgan fingerprint density at radius 1 is 1.50 bits per heavy atom. The molecule has 0 radical (unpaired) electrons. The van der Waals surface area contributed by atoms with Crippen molar-refractivity contribution >= 4 is 11.9 Å². The molecule has 1 rings (SSSR count). The number of methoxy groups -OCH3 is 1. The standard InChI is InChI=1S/C10H18N2O4/c1-6(13)12-9(10(14)15)5-11-7-3-8(4-7)16-2/h7-9,11H,3-5H2,1-2H3,(H,12,13)(H,14,15). The minimum Gasteiger partial charge on any atom is -0.480 e. The smallest absolute Gasteiger partial charge is 0.327 e. The highest BCUT2D eigenvalue weighted by molar-refractivity contribution is 5.82. The molecule has 0 aromatic carbocycles. The average Bonchev–Trinajstić information content (AvgIpc) is 2.13. The Morgan fingerprint density at radius 2 is 2.12 bits per heavy atom. The van der Waals surface area contributed by atoms with E-state index in [0.29, 0.717) is 6.04 Å². The minimum absolute atomic E-state index is 0.246. The fourth-order valence-electron chi connectivity index (χ4n) is 1.65. The fraction of sp³-hybridized carbons (Fsp3) is 0.800. The quantitative estimate of drug-likeness (QED) is 0.564. The van der Waals surface area contributed by atoms with Crippen LogP contribution in [0.3, 0.4) is 0 Å². The zero-order valence-corrected chi connectivity index (χ0v) is 9.53. The third-order valence-corrected chi connectivity index (χ3v) is 2.71. The van der Waals surface area contributed by atoms with Gasteiger partial charge in [0.2, 0.25) is 5.91 Å². The molecule has 1 amide bonds. The summed E-state index contributed by atoms with van der Waals surface area (Å²) in [6.45, 7) is 1.55. The van der Waals surface area contributed by atoms with Gasteiger partial charge in [-0.15, -0.1) is 0 Å². The molecule has 1 saturated carbocycles. The van der Waals surface area contributed by atoms with Crippen molar-refractivity contribution in [3.8, 4) is 0 Å². The van der Waals surface area contributed by atoms with E-state index in [4.69, 9.17) is 9.84 Å². The highest BCUT2D eigenvalue weighted by atomic mass is 16.5. The van der Waals surface area contributed by atoms with E-state index in [-0.39, 0.29) is 18.6 Å². The maximum Gasteiger partial charge on any atom is 0.327 e. The molecule has 1 aliphatic carbocycles. The first-order chi connectivity index (χ1) is 7.52. The second-order valence-electron chi connectivity index (χ2n) is 4.03. The van der Waals surface area contributed by atoms with E-state index in [1.54, 1.807) is 7.11 Å². The summed E-state index contributed by atoms with van der Waals surface area (Å²) in [7, 11) is 1.66. The van der Waals surface area contributed by atoms with Crippen molar-refractivity contribution in [2.75, 3.05) is 13.7 Å². The van der Waals surface area contributed by atoms with Crippen LogP contribution in [0, 0.1) is 0 Å². The summed E-state index contributed by atoms with van der Waals surface area (Å²) in [5.41, 5.74) is 0. The topological polar surface area (TPSA) is 87.7 Å². The molecule has 6 nitrogen and oxygen atoms in total. The molecular formula is C10H18N2O4. The molecule has 1 fully saturated rings. The van der Waals surface area contributed by atoms with Crippen LogP contribution in [0.25, 0.3) is 0 Å². The van der Waals surface area contributed by atoms with Crippen molar-refractivity contribution < 1.29 is 19.4 Å². The van der Waals surface area contributed by atoms with Gasteiger partial charge in [0.1, 0.15) is 6.04 Å². The number of hydrogen-bond donors (Lipinski definition) is 3. The number of carbonyl (C=O) groups excluding carboxylic acids is 1. The van der Waals surface area contributed by atoms with Gasteiger partial charge in [0, 0.05) is 26.6 Å². The van der Waals surface area contributed by atoms with Gasteiger partial charge in [0.15, 0.2) is 0 Å². The Kier molecular flexibility index (Phi) is 4.70. The third-order valence-electron chi connectivity index (χ3n) is 2.71. The molecule has 0 bridgehead atoms. The number of carbonyl (C=O) groups is 2. The van der Waals surface area contributed by atoms with Gasteiger partial charge in [0.05, 0.1) is 6.10 Å². The third kappa shape index (κ3) is 3.79. The van der Waals surface area contributed by atoms with Crippen LogP contribution in [0.5, 0.6) is 0 Å². The largest absolute Gasteiger partial charge is 0.480 e. The van der Waals surface area contributed by atoms with E-state index < -0.39 is 12.0 Å². The zero-order chi connectivity index (χ0) is 12.1. The SMILES string of the molecule is COC1CC(NCC(NC(C)=O)C(=O)O)C1. The van der Waals surface area contributed by atoms with Crippen molar-refractivity contribution in [2.24, 2.45) is 0 Å². The average molecular weight is 230 g/mol. The molecule has 0 spiro atoms. The number of nitrogens with one attached hydrogen (secondary N) is 2. The van der Waals surface area contributed by atoms with Crippen LogP contribution in [0.1, 0.15) is 19.8 Å². The lowest BCUT2D eigenvalue weighted by atomic mass is 9.89. The fourth-order valence-corrected chi connectivity index (χ4v) is 1.65. The molecule has 1 unspecified atom stereocenters. The van der Waals surface area contributed by atoms with Crippen LogP contribution in [0.4, 0.5) is 0 Å². The summed E-state index contributed by atoms with van der Waals surface area (Å²) in [6, 6.07) is -0.570. The summed E-state index contributed by atoms with van der Waals surface area (Å²) in [5, 5.41) is 14.3. The summed E-state index contributed by atoms with van der Waals surface area (Å²) in [5.74, 6) is -1.36. The Bertz CT molecular complexity index is 264. The minimum atomic E-state index is -1.02. The van der Waals surface area contributed by atoms with Crippen LogP contribution in [-0.4, -0.2) is 48.8 Å². The Hall–Kier alpha value is -1.14. The Labute approximate surface area is 94.3 Å². The molecular weight excluding hydrogens is 212 g/mol. The Balaban J connectivity index is 2.23. The van der Waals surface area contributed by atoms with Gasteiger partial charge in [0.25, 0.3) is 0 Å². The van der Waals surface area contributed by atoms with E-state index in [2.05, 4.69) is 10.6 Å².